The molecule has 0 fully saturated rings. The van der Waals surface area contributed by atoms with Crippen molar-refractivity contribution in [2.45, 2.75) is 28.5 Å². The zero-order valence-corrected chi connectivity index (χ0v) is 14.6. The van der Waals surface area contributed by atoms with Gasteiger partial charge in [-0.2, -0.15) is 0 Å². The average Bonchev–Trinajstić information content (AvgIpc) is 2.55. The first-order valence-electron chi connectivity index (χ1n) is 7.69. The second-order valence-electron chi connectivity index (χ2n) is 5.62. The van der Waals surface area contributed by atoms with Gasteiger partial charge in [-0.3, -0.25) is 0 Å². The van der Waals surface area contributed by atoms with Crippen molar-refractivity contribution in [3.05, 3.63) is 83.9 Å². The maximum atomic E-state index is 5.43. The monoisotopic (exact) mass is 321 g/mol. The Morgan fingerprint density at radius 3 is 1.61 bits per heavy atom. The fourth-order valence-corrected chi connectivity index (χ4v) is 4.92. The highest BCUT2D eigenvalue weighted by Crippen LogP contribution is 2.33. The van der Waals surface area contributed by atoms with Crippen LogP contribution in [0.2, 0.25) is 0 Å². The molecular weight excluding hydrogens is 300 g/mol. The Morgan fingerprint density at radius 1 is 0.652 bits per heavy atom. The summed E-state index contributed by atoms with van der Waals surface area (Å²) in [7, 11) is 1.59. The minimum atomic E-state index is -0.127. The molecule has 0 spiro atoms. The van der Waals surface area contributed by atoms with Gasteiger partial charge in [0.15, 0.2) is 14.7 Å². The van der Waals surface area contributed by atoms with Crippen LogP contribution in [0.5, 0.6) is 5.75 Å². The van der Waals surface area contributed by atoms with Gasteiger partial charge < -0.3 is 4.74 Å². The van der Waals surface area contributed by atoms with Gasteiger partial charge >= 0.3 is 0 Å². The van der Waals surface area contributed by atoms with Crippen LogP contribution in [0.1, 0.15) is 11.1 Å². The summed E-state index contributed by atoms with van der Waals surface area (Å²) < 4.78 is 5.43. The summed E-state index contributed by atoms with van der Waals surface area (Å²) in [4.78, 5) is 3.95. The minimum absolute atomic E-state index is 0.127. The van der Waals surface area contributed by atoms with Gasteiger partial charge in [0.2, 0.25) is 0 Å². The van der Waals surface area contributed by atoms with Crippen molar-refractivity contribution in [3.63, 3.8) is 0 Å². The standard InChI is InChI=1S/C21H21OS/c1-16-7-4-10-19(13-16)23(20-11-5-8-17(2)14-20)21-12-6-9-18(15-21)22-3/h4-15H,1-3H3/q+1. The fourth-order valence-electron chi connectivity index (χ4n) is 2.62. The number of aryl methyl sites for hydroxylation is 2. The van der Waals surface area contributed by atoms with Crippen molar-refractivity contribution in [1.29, 1.82) is 0 Å². The van der Waals surface area contributed by atoms with Crippen LogP contribution in [-0.2, 0) is 10.9 Å². The number of ether oxygens (including phenoxy) is 1. The molecule has 1 nitrogen and oxygen atoms in total. The Bertz CT molecular complexity index is 765. The molecule has 0 heterocycles. The highest BCUT2D eigenvalue weighted by molar-refractivity contribution is 7.97. The molecule has 0 saturated heterocycles. The van der Waals surface area contributed by atoms with Gasteiger partial charge in [0.05, 0.1) is 18.0 Å². The largest absolute Gasteiger partial charge is 0.497 e. The molecule has 3 aromatic carbocycles. The summed E-state index contributed by atoms with van der Waals surface area (Å²) in [5.74, 6) is 0.903. The van der Waals surface area contributed by atoms with Crippen LogP contribution < -0.4 is 4.74 Å². The first kappa shape index (κ1) is 15.7. The van der Waals surface area contributed by atoms with Gasteiger partial charge in [-0.15, -0.1) is 0 Å². The lowest BCUT2D eigenvalue weighted by atomic mass is 10.2. The van der Waals surface area contributed by atoms with E-state index < -0.39 is 0 Å². The van der Waals surface area contributed by atoms with Crippen LogP contribution in [0.15, 0.2) is 87.5 Å². The number of hydrogen-bond donors (Lipinski definition) is 0. The van der Waals surface area contributed by atoms with Gasteiger partial charge in [-0.25, -0.2) is 0 Å². The topological polar surface area (TPSA) is 9.23 Å². The molecule has 0 atom stereocenters. The predicted molar refractivity (Wildman–Crippen MR) is 97.5 cm³/mol. The third-order valence-electron chi connectivity index (χ3n) is 3.73. The molecule has 3 rings (SSSR count). The highest BCUT2D eigenvalue weighted by atomic mass is 32.2. The average molecular weight is 321 g/mol. The molecule has 0 N–H and O–H groups in total. The van der Waals surface area contributed by atoms with Crippen molar-refractivity contribution in [2.75, 3.05) is 7.11 Å². The van der Waals surface area contributed by atoms with Crippen molar-refractivity contribution in [1.82, 2.24) is 0 Å². The molecule has 3 aromatic rings. The van der Waals surface area contributed by atoms with Crippen molar-refractivity contribution in [2.24, 2.45) is 0 Å². The third-order valence-corrected chi connectivity index (χ3v) is 5.90. The molecule has 23 heavy (non-hydrogen) atoms. The first-order valence-corrected chi connectivity index (χ1v) is 8.91. The van der Waals surface area contributed by atoms with E-state index in [0.29, 0.717) is 0 Å². The summed E-state index contributed by atoms with van der Waals surface area (Å²) in [5, 5.41) is 0. The lowest BCUT2D eigenvalue weighted by molar-refractivity contribution is 0.413. The van der Waals surface area contributed by atoms with E-state index in [1.165, 1.54) is 25.8 Å². The Kier molecular flexibility index (Phi) is 4.73. The minimum Gasteiger partial charge on any atom is -0.497 e. The highest BCUT2D eigenvalue weighted by Gasteiger charge is 2.29. The molecule has 0 unspecified atom stereocenters. The second kappa shape index (κ2) is 6.93. The first-order chi connectivity index (χ1) is 11.2. The molecule has 2 heteroatoms. The van der Waals surface area contributed by atoms with Gasteiger partial charge in [0, 0.05) is 6.07 Å². The Hall–Kier alpha value is -2.19. The van der Waals surface area contributed by atoms with Gasteiger partial charge in [0.1, 0.15) is 5.75 Å². The van der Waals surface area contributed by atoms with Crippen LogP contribution in [-0.4, -0.2) is 7.11 Å². The molecular formula is C21H21OS+. The molecule has 0 amide bonds. The van der Waals surface area contributed by atoms with Gasteiger partial charge in [-0.1, -0.05) is 30.3 Å². The van der Waals surface area contributed by atoms with E-state index >= 15 is 0 Å². The number of hydrogen-bond acceptors (Lipinski definition) is 1. The van der Waals surface area contributed by atoms with Crippen molar-refractivity contribution < 1.29 is 4.74 Å². The number of methoxy groups -OCH3 is 1. The number of benzene rings is 3. The van der Waals surface area contributed by atoms with Crippen molar-refractivity contribution >= 4 is 10.9 Å². The van der Waals surface area contributed by atoms with Crippen LogP contribution >= 0.6 is 0 Å². The molecule has 0 saturated carbocycles. The summed E-state index contributed by atoms with van der Waals surface area (Å²) in [5.41, 5.74) is 2.58. The normalized spacial score (nSPS) is 10.8. The Morgan fingerprint density at radius 2 is 1.13 bits per heavy atom. The quantitative estimate of drug-likeness (QED) is 0.584. The third kappa shape index (κ3) is 3.59. The summed E-state index contributed by atoms with van der Waals surface area (Å²) in [6.45, 7) is 4.29. The van der Waals surface area contributed by atoms with Crippen LogP contribution in [0.3, 0.4) is 0 Å². The molecule has 116 valence electrons. The molecule has 0 radical (unpaired) electrons. The SMILES string of the molecule is COc1cccc([S+](c2cccc(C)c2)c2cccc(C)c2)c1. The Labute approximate surface area is 141 Å². The van der Waals surface area contributed by atoms with Crippen molar-refractivity contribution in [3.8, 4) is 5.75 Å². The molecule has 0 bridgehead atoms. The molecule has 0 aliphatic carbocycles. The lowest BCUT2D eigenvalue weighted by Gasteiger charge is -2.10. The zero-order chi connectivity index (χ0) is 16.2. The second-order valence-corrected chi connectivity index (χ2v) is 7.64. The predicted octanol–water partition coefficient (Wildman–Crippen LogP) is 5.41. The van der Waals surface area contributed by atoms with E-state index in [4.69, 9.17) is 4.74 Å². The van der Waals surface area contributed by atoms with E-state index in [0.717, 1.165) is 5.75 Å². The smallest absolute Gasteiger partial charge is 0.170 e. The molecule has 0 aromatic heterocycles. The number of rotatable bonds is 4. The molecule has 0 aliphatic rings. The maximum Gasteiger partial charge on any atom is 0.170 e. The summed E-state index contributed by atoms with van der Waals surface area (Å²) in [6.07, 6.45) is 0. The van der Waals surface area contributed by atoms with E-state index in [2.05, 4.69) is 80.6 Å². The van der Waals surface area contributed by atoms with Gasteiger partial charge in [-0.05, 0) is 61.4 Å². The lowest BCUT2D eigenvalue weighted by Crippen LogP contribution is -2.05. The van der Waals surface area contributed by atoms with Crippen LogP contribution in [0, 0.1) is 13.8 Å². The van der Waals surface area contributed by atoms with Gasteiger partial charge in [0.25, 0.3) is 0 Å². The Balaban J connectivity index is 2.17. The van der Waals surface area contributed by atoms with E-state index in [1.54, 1.807) is 7.11 Å². The zero-order valence-electron chi connectivity index (χ0n) is 13.7. The van der Waals surface area contributed by atoms with E-state index in [1.807, 2.05) is 6.07 Å². The summed E-state index contributed by atoms with van der Waals surface area (Å²) >= 11 is 0. The molecule has 0 aliphatic heterocycles. The summed E-state index contributed by atoms with van der Waals surface area (Å²) in [6, 6.07) is 26.0. The maximum absolute atomic E-state index is 5.43. The van der Waals surface area contributed by atoms with Crippen LogP contribution in [0.25, 0.3) is 0 Å². The van der Waals surface area contributed by atoms with E-state index in [-0.39, 0.29) is 10.9 Å². The van der Waals surface area contributed by atoms with E-state index in [9.17, 15) is 0 Å². The van der Waals surface area contributed by atoms with Crippen LogP contribution in [0.4, 0.5) is 0 Å². The fraction of sp³-hybridized carbons (Fsp3) is 0.143.